The molecule has 0 saturated heterocycles. The van der Waals surface area contributed by atoms with Crippen LogP contribution in [0.3, 0.4) is 0 Å². The zero-order valence-corrected chi connectivity index (χ0v) is 19.2. The van der Waals surface area contributed by atoms with Crippen molar-refractivity contribution < 1.29 is 19.1 Å². The molecule has 0 saturated carbocycles. The monoisotopic (exact) mass is 455 g/mol. The number of amides is 3. The fraction of sp³-hybridized carbons (Fsp3) is 0.148. The minimum Gasteiger partial charge on any atom is -0.465 e. The molecule has 1 heterocycles. The Labute approximate surface area is 198 Å². The highest BCUT2D eigenvalue weighted by Crippen LogP contribution is 2.41. The van der Waals surface area contributed by atoms with E-state index in [0.717, 1.165) is 17.5 Å². The van der Waals surface area contributed by atoms with Gasteiger partial charge in [0, 0.05) is 18.3 Å². The van der Waals surface area contributed by atoms with Crippen molar-refractivity contribution >= 4 is 40.6 Å². The summed E-state index contributed by atoms with van der Waals surface area (Å²) >= 11 is 0. The SMILES string of the molecule is CCc1ccc2c(c1)N(C(=O)NC)C(=O)C2=C(Nc1ccc(C(=O)OC)cc1)c1ccccc1. The molecule has 172 valence electrons. The first kappa shape index (κ1) is 22.8. The van der Waals surface area contributed by atoms with Gasteiger partial charge >= 0.3 is 12.0 Å². The Hall–Kier alpha value is -4.39. The molecule has 3 aromatic rings. The van der Waals surface area contributed by atoms with Gasteiger partial charge in [0.25, 0.3) is 5.91 Å². The molecule has 7 heteroatoms. The number of urea groups is 1. The third-order valence-electron chi connectivity index (χ3n) is 5.70. The summed E-state index contributed by atoms with van der Waals surface area (Å²) in [5.74, 6) is -0.846. The summed E-state index contributed by atoms with van der Waals surface area (Å²) in [7, 11) is 2.83. The fourth-order valence-electron chi connectivity index (χ4n) is 3.92. The normalized spacial score (nSPS) is 13.9. The highest BCUT2D eigenvalue weighted by Gasteiger charge is 2.38. The molecule has 1 aliphatic heterocycles. The molecule has 3 amide bonds. The molecule has 0 fully saturated rings. The van der Waals surface area contributed by atoms with Crippen LogP contribution in [-0.2, 0) is 16.0 Å². The molecule has 0 unspecified atom stereocenters. The zero-order valence-electron chi connectivity index (χ0n) is 19.2. The molecule has 3 aromatic carbocycles. The standard InChI is InChI=1S/C27H25N3O4/c1-4-17-10-15-21-22(16-17)30(27(33)28-2)25(31)23(21)24(18-8-6-5-7-9-18)29-20-13-11-19(12-14-20)26(32)34-3/h5-16,29H,4H2,1-3H3,(H,28,33). The maximum absolute atomic E-state index is 13.7. The number of esters is 1. The van der Waals surface area contributed by atoms with Crippen molar-refractivity contribution in [2.45, 2.75) is 13.3 Å². The van der Waals surface area contributed by atoms with E-state index in [0.29, 0.717) is 33.8 Å². The van der Waals surface area contributed by atoms with E-state index in [2.05, 4.69) is 10.6 Å². The van der Waals surface area contributed by atoms with E-state index in [1.54, 1.807) is 24.3 Å². The second kappa shape index (κ2) is 9.62. The first-order chi connectivity index (χ1) is 16.5. The highest BCUT2D eigenvalue weighted by atomic mass is 16.5. The van der Waals surface area contributed by atoms with Crippen molar-refractivity contribution in [3.8, 4) is 0 Å². The van der Waals surface area contributed by atoms with Crippen molar-refractivity contribution in [1.82, 2.24) is 5.32 Å². The Bertz CT molecular complexity index is 1280. The maximum atomic E-state index is 13.7. The van der Waals surface area contributed by atoms with Crippen LogP contribution in [0.1, 0.15) is 34.0 Å². The van der Waals surface area contributed by atoms with Gasteiger partial charge in [0.15, 0.2) is 0 Å². The van der Waals surface area contributed by atoms with Crippen molar-refractivity contribution in [1.29, 1.82) is 0 Å². The maximum Gasteiger partial charge on any atom is 0.337 e. The third kappa shape index (κ3) is 4.15. The molecule has 1 aliphatic rings. The van der Waals surface area contributed by atoms with Crippen LogP contribution in [0.2, 0.25) is 0 Å². The van der Waals surface area contributed by atoms with Crippen LogP contribution in [0.25, 0.3) is 11.3 Å². The van der Waals surface area contributed by atoms with E-state index in [4.69, 9.17) is 4.74 Å². The van der Waals surface area contributed by atoms with E-state index in [1.807, 2.05) is 55.5 Å². The number of nitrogens with zero attached hydrogens (tertiary/aromatic N) is 1. The number of benzene rings is 3. The van der Waals surface area contributed by atoms with Crippen molar-refractivity contribution in [3.63, 3.8) is 0 Å². The summed E-state index contributed by atoms with van der Waals surface area (Å²) in [6, 6.07) is 21.5. The molecule has 34 heavy (non-hydrogen) atoms. The summed E-state index contributed by atoms with van der Waals surface area (Å²) in [5.41, 5.74) is 5.08. The van der Waals surface area contributed by atoms with E-state index in [9.17, 15) is 14.4 Å². The first-order valence-corrected chi connectivity index (χ1v) is 10.9. The molecule has 0 bridgehead atoms. The predicted octanol–water partition coefficient (Wildman–Crippen LogP) is 4.70. The molecule has 2 N–H and O–H groups in total. The number of anilines is 2. The van der Waals surface area contributed by atoms with Gasteiger partial charge in [-0.05, 0) is 47.9 Å². The predicted molar refractivity (Wildman–Crippen MR) is 132 cm³/mol. The van der Waals surface area contributed by atoms with Crippen LogP contribution in [0.4, 0.5) is 16.2 Å². The lowest BCUT2D eigenvalue weighted by Gasteiger charge is -2.16. The zero-order chi connectivity index (χ0) is 24.2. The van der Waals surface area contributed by atoms with Crippen LogP contribution >= 0.6 is 0 Å². The number of aryl methyl sites for hydroxylation is 1. The highest BCUT2D eigenvalue weighted by molar-refractivity contribution is 6.43. The minimum absolute atomic E-state index is 0.393. The van der Waals surface area contributed by atoms with E-state index in [1.165, 1.54) is 19.1 Å². The van der Waals surface area contributed by atoms with Gasteiger partial charge in [-0.2, -0.15) is 0 Å². The average Bonchev–Trinajstić information content (AvgIpc) is 3.17. The molecule has 7 nitrogen and oxygen atoms in total. The molecular weight excluding hydrogens is 430 g/mol. The first-order valence-electron chi connectivity index (χ1n) is 10.9. The van der Waals surface area contributed by atoms with Gasteiger partial charge in [0.1, 0.15) is 0 Å². The molecule has 0 atom stereocenters. The Morgan fingerprint density at radius 1 is 0.941 bits per heavy atom. The number of hydrogen-bond donors (Lipinski definition) is 2. The van der Waals surface area contributed by atoms with Crippen LogP contribution in [-0.4, -0.2) is 32.1 Å². The van der Waals surface area contributed by atoms with Crippen LogP contribution in [0.15, 0.2) is 72.8 Å². The Morgan fingerprint density at radius 3 is 2.26 bits per heavy atom. The molecule has 0 radical (unpaired) electrons. The lowest BCUT2D eigenvalue weighted by Crippen LogP contribution is -2.40. The number of hydrogen-bond acceptors (Lipinski definition) is 5. The largest absolute Gasteiger partial charge is 0.465 e. The van der Waals surface area contributed by atoms with Crippen LogP contribution in [0, 0.1) is 0 Å². The van der Waals surface area contributed by atoms with E-state index < -0.39 is 17.9 Å². The third-order valence-corrected chi connectivity index (χ3v) is 5.70. The van der Waals surface area contributed by atoms with Crippen molar-refractivity contribution in [3.05, 3.63) is 95.1 Å². The van der Waals surface area contributed by atoms with E-state index in [-0.39, 0.29) is 0 Å². The number of methoxy groups -OCH3 is 1. The molecular formula is C27H25N3O4. The van der Waals surface area contributed by atoms with Crippen molar-refractivity contribution in [2.24, 2.45) is 0 Å². The second-order valence-corrected chi connectivity index (χ2v) is 7.71. The number of fused-ring (bicyclic) bond motifs is 1. The smallest absolute Gasteiger partial charge is 0.337 e. The van der Waals surface area contributed by atoms with Gasteiger partial charge < -0.3 is 15.4 Å². The molecule has 4 rings (SSSR count). The molecule has 0 aromatic heterocycles. The summed E-state index contributed by atoms with van der Waals surface area (Å²) in [4.78, 5) is 39.3. The number of carbonyl (C=O) groups is 3. The van der Waals surface area contributed by atoms with Gasteiger partial charge in [-0.15, -0.1) is 0 Å². The van der Waals surface area contributed by atoms with Crippen LogP contribution < -0.4 is 15.5 Å². The van der Waals surface area contributed by atoms with Crippen molar-refractivity contribution in [2.75, 3.05) is 24.4 Å². The van der Waals surface area contributed by atoms with Gasteiger partial charge in [0.05, 0.1) is 29.6 Å². The topological polar surface area (TPSA) is 87.7 Å². The number of rotatable bonds is 5. The second-order valence-electron chi connectivity index (χ2n) is 7.71. The van der Waals surface area contributed by atoms with E-state index >= 15 is 0 Å². The summed E-state index contributed by atoms with van der Waals surface area (Å²) in [6.45, 7) is 2.02. The fourth-order valence-corrected chi connectivity index (χ4v) is 3.92. The van der Waals surface area contributed by atoms with Gasteiger partial charge in [-0.25, -0.2) is 14.5 Å². The summed E-state index contributed by atoms with van der Waals surface area (Å²) in [6.07, 6.45) is 0.776. The van der Waals surface area contributed by atoms with Gasteiger partial charge in [-0.1, -0.05) is 49.4 Å². The average molecular weight is 456 g/mol. The number of nitrogens with one attached hydrogen (secondary N) is 2. The number of ether oxygens (including phenoxy) is 1. The summed E-state index contributed by atoms with van der Waals surface area (Å²) < 4.78 is 4.77. The summed E-state index contributed by atoms with van der Waals surface area (Å²) in [5, 5.41) is 5.91. The van der Waals surface area contributed by atoms with Crippen LogP contribution in [0.5, 0.6) is 0 Å². The number of carbonyl (C=O) groups excluding carboxylic acids is 3. The minimum atomic E-state index is -0.496. The lowest BCUT2D eigenvalue weighted by atomic mass is 9.98. The Balaban J connectivity index is 1.89. The Morgan fingerprint density at radius 2 is 1.65 bits per heavy atom. The van der Waals surface area contributed by atoms with Gasteiger partial charge in [0.2, 0.25) is 0 Å². The Kier molecular flexibility index (Phi) is 6.45. The molecule has 0 aliphatic carbocycles. The lowest BCUT2D eigenvalue weighted by molar-refractivity contribution is -0.112. The van der Waals surface area contributed by atoms with Gasteiger partial charge in [-0.3, -0.25) is 4.79 Å². The number of imide groups is 1. The quantitative estimate of drug-likeness (QED) is 0.430. The molecule has 0 spiro atoms.